The van der Waals surface area contributed by atoms with Crippen LogP contribution >= 0.6 is 0 Å². The first-order valence-corrected chi connectivity index (χ1v) is 7.81. The molecule has 0 saturated carbocycles. The van der Waals surface area contributed by atoms with E-state index in [1.807, 2.05) is 0 Å². The van der Waals surface area contributed by atoms with Crippen molar-refractivity contribution in [2.24, 2.45) is 0 Å². The molecule has 3 heteroatoms. The molecule has 0 N–H and O–H groups in total. The zero-order chi connectivity index (χ0) is 15.9. The van der Waals surface area contributed by atoms with Crippen LogP contribution in [0, 0.1) is 17.7 Å². The van der Waals surface area contributed by atoms with Gasteiger partial charge in [-0.15, -0.1) is 0 Å². The molecule has 0 saturated heterocycles. The van der Waals surface area contributed by atoms with Crippen LogP contribution in [0.4, 0.5) is 4.39 Å². The van der Waals surface area contributed by atoms with E-state index in [4.69, 9.17) is 4.74 Å². The Hall–Kier alpha value is -2.08. The largest absolute Gasteiger partial charge is 0.453 e. The molecule has 2 rings (SSSR count). The summed E-state index contributed by atoms with van der Waals surface area (Å²) in [6, 6.07) is 6.02. The van der Waals surface area contributed by atoms with Crippen LogP contribution < -0.4 is 0 Å². The number of rotatable bonds is 5. The lowest BCUT2D eigenvalue weighted by Crippen LogP contribution is -2.11. The van der Waals surface area contributed by atoms with Crippen LogP contribution in [0.15, 0.2) is 35.4 Å². The lowest BCUT2D eigenvalue weighted by Gasteiger charge is -2.10. The predicted octanol–water partition coefficient (Wildman–Crippen LogP) is 4.39. The van der Waals surface area contributed by atoms with Crippen LogP contribution in [-0.2, 0) is 9.53 Å². The van der Waals surface area contributed by atoms with E-state index < -0.39 is 0 Å². The maximum absolute atomic E-state index is 12.9. The predicted molar refractivity (Wildman–Crippen MR) is 84.6 cm³/mol. The van der Waals surface area contributed by atoms with Gasteiger partial charge in [-0.25, -0.2) is 9.18 Å². The number of unbranched alkanes of at least 4 members (excludes halogenated alkanes) is 3. The smallest absolute Gasteiger partial charge is 0.335 e. The highest BCUT2D eigenvalue weighted by molar-refractivity contribution is 5.93. The van der Waals surface area contributed by atoms with Gasteiger partial charge in [-0.1, -0.05) is 38.0 Å². The highest BCUT2D eigenvalue weighted by Gasteiger charge is 2.29. The van der Waals surface area contributed by atoms with Gasteiger partial charge in [0.15, 0.2) is 0 Å². The average molecular weight is 300 g/mol. The molecule has 1 aliphatic heterocycles. The summed E-state index contributed by atoms with van der Waals surface area (Å²) in [7, 11) is 0. The van der Waals surface area contributed by atoms with Crippen LogP contribution in [-0.4, -0.2) is 12.1 Å². The number of benzene rings is 1. The molecule has 0 radical (unpaired) electrons. The molecule has 22 heavy (non-hydrogen) atoms. The Morgan fingerprint density at radius 1 is 1.14 bits per heavy atom. The molecular formula is C19H21FO2. The van der Waals surface area contributed by atoms with E-state index in [1.165, 1.54) is 25.0 Å². The summed E-state index contributed by atoms with van der Waals surface area (Å²) >= 11 is 0. The van der Waals surface area contributed by atoms with E-state index in [0.29, 0.717) is 5.57 Å². The zero-order valence-corrected chi connectivity index (χ0v) is 13.1. The van der Waals surface area contributed by atoms with Gasteiger partial charge >= 0.3 is 5.97 Å². The lowest BCUT2D eigenvalue weighted by atomic mass is 10.0. The summed E-state index contributed by atoms with van der Waals surface area (Å²) < 4.78 is 18.3. The van der Waals surface area contributed by atoms with Crippen molar-refractivity contribution in [1.82, 2.24) is 0 Å². The van der Waals surface area contributed by atoms with Crippen LogP contribution in [0.1, 0.15) is 51.5 Å². The standard InChI is InChI=1S/C19H21FO2/c1-3-4-5-6-7-18-17(14(2)19(21)22-18)13-10-15-8-11-16(20)12-9-15/h8-9,11-12,18H,3-7H2,1-2H3. The molecule has 0 spiro atoms. The SMILES string of the molecule is CCCCCCC1OC(=O)C(C)=C1C#Cc1ccc(F)cc1. The molecule has 0 aromatic heterocycles. The minimum atomic E-state index is -0.283. The van der Waals surface area contributed by atoms with Gasteiger partial charge in [0, 0.05) is 11.1 Å². The normalized spacial score (nSPS) is 17.2. The molecule has 1 atom stereocenters. The molecule has 1 aromatic rings. The number of esters is 1. The maximum atomic E-state index is 12.9. The van der Waals surface area contributed by atoms with E-state index in [-0.39, 0.29) is 17.9 Å². The van der Waals surface area contributed by atoms with Gasteiger partial charge in [0.2, 0.25) is 0 Å². The molecule has 0 bridgehead atoms. The van der Waals surface area contributed by atoms with Gasteiger partial charge in [0.05, 0.1) is 5.57 Å². The third-order valence-corrected chi connectivity index (χ3v) is 3.79. The van der Waals surface area contributed by atoms with E-state index in [2.05, 4.69) is 18.8 Å². The molecular weight excluding hydrogens is 279 g/mol. The topological polar surface area (TPSA) is 26.3 Å². The monoisotopic (exact) mass is 300 g/mol. The van der Waals surface area contributed by atoms with Crippen molar-refractivity contribution in [1.29, 1.82) is 0 Å². The van der Waals surface area contributed by atoms with Crippen molar-refractivity contribution in [2.45, 2.75) is 52.1 Å². The molecule has 1 aliphatic rings. The first kappa shape index (κ1) is 16.3. The minimum Gasteiger partial charge on any atom is -0.453 e. The van der Waals surface area contributed by atoms with E-state index in [1.54, 1.807) is 19.1 Å². The van der Waals surface area contributed by atoms with E-state index in [9.17, 15) is 9.18 Å². The number of cyclic esters (lactones) is 1. The molecule has 2 nitrogen and oxygen atoms in total. The molecule has 0 amide bonds. The number of carbonyl (C=O) groups excluding carboxylic acids is 1. The van der Waals surface area contributed by atoms with Gasteiger partial charge in [0.25, 0.3) is 0 Å². The highest BCUT2D eigenvalue weighted by Crippen LogP contribution is 2.26. The van der Waals surface area contributed by atoms with Crippen molar-refractivity contribution in [3.8, 4) is 11.8 Å². The summed E-state index contributed by atoms with van der Waals surface area (Å²) in [6.45, 7) is 3.92. The number of hydrogen-bond donors (Lipinski definition) is 0. The fourth-order valence-electron chi connectivity index (χ4n) is 2.43. The number of ether oxygens (including phenoxy) is 1. The fourth-order valence-corrected chi connectivity index (χ4v) is 2.43. The quantitative estimate of drug-likeness (QED) is 0.458. The first-order valence-electron chi connectivity index (χ1n) is 7.81. The third kappa shape index (κ3) is 4.21. The number of carbonyl (C=O) groups is 1. The van der Waals surface area contributed by atoms with Crippen molar-refractivity contribution < 1.29 is 13.9 Å². The zero-order valence-electron chi connectivity index (χ0n) is 13.1. The van der Waals surface area contributed by atoms with E-state index >= 15 is 0 Å². The molecule has 0 fully saturated rings. The van der Waals surface area contributed by atoms with Crippen molar-refractivity contribution in [2.75, 3.05) is 0 Å². The van der Waals surface area contributed by atoms with Gasteiger partial charge < -0.3 is 4.74 Å². The second-order valence-corrected chi connectivity index (χ2v) is 5.54. The molecule has 1 unspecified atom stereocenters. The van der Waals surface area contributed by atoms with Crippen LogP contribution in [0.2, 0.25) is 0 Å². The maximum Gasteiger partial charge on any atom is 0.335 e. The highest BCUT2D eigenvalue weighted by atomic mass is 19.1. The Bertz CT molecular complexity index is 617. The Morgan fingerprint density at radius 3 is 2.55 bits per heavy atom. The molecule has 0 aliphatic carbocycles. The average Bonchev–Trinajstić information content (AvgIpc) is 2.78. The second-order valence-electron chi connectivity index (χ2n) is 5.54. The molecule has 1 heterocycles. The van der Waals surface area contributed by atoms with Gasteiger partial charge in [-0.05, 0) is 44.0 Å². The Labute approximate surface area is 131 Å². The first-order chi connectivity index (χ1) is 10.6. The molecule has 116 valence electrons. The van der Waals surface area contributed by atoms with Gasteiger partial charge in [0.1, 0.15) is 11.9 Å². The molecule has 1 aromatic carbocycles. The van der Waals surface area contributed by atoms with Crippen LogP contribution in [0.5, 0.6) is 0 Å². The number of hydrogen-bond acceptors (Lipinski definition) is 2. The van der Waals surface area contributed by atoms with Crippen molar-refractivity contribution in [3.05, 3.63) is 46.8 Å². The van der Waals surface area contributed by atoms with Gasteiger partial charge in [-0.3, -0.25) is 0 Å². The lowest BCUT2D eigenvalue weighted by molar-refractivity contribution is -0.139. The number of halogens is 1. The minimum absolute atomic E-state index is 0.225. The van der Waals surface area contributed by atoms with Gasteiger partial charge in [-0.2, -0.15) is 0 Å². The fraction of sp³-hybridized carbons (Fsp3) is 0.421. The summed E-state index contributed by atoms with van der Waals surface area (Å²) in [4.78, 5) is 11.7. The Balaban J connectivity index is 2.08. The van der Waals surface area contributed by atoms with Crippen molar-refractivity contribution >= 4 is 5.97 Å². The summed E-state index contributed by atoms with van der Waals surface area (Å²) in [5.41, 5.74) is 2.09. The Morgan fingerprint density at radius 2 is 1.86 bits per heavy atom. The Kier molecular flexibility index (Phi) is 5.77. The van der Waals surface area contributed by atoms with Crippen LogP contribution in [0.3, 0.4) is 0 Å². The van der Waals surface area contributed by atoms with Crippen LogP contribution in [0.25, 0.3) is 0 Å². The summed E-state index contributed by atoms with van der Waals surface area (Å²) in [5.74, 6) is 5.48. The van der Waals surface area contributed by atoms with E-state index in [0.717, 1.165) is 30.4 Å². The third-order valence-electron chi connectivity index (χ3n) is 3.79. The second kappa shape index (κ2) is 7.79. The summed E-state index contributed by atoms with van der Waals surface area (Å²) in [6.07, 6.45) is 5.13. The summed E-state index contributed by atoms with van der Waals surface area (Å²) in [5, 5.41) is 0. The van der Waals surface area contributed by atoms with Crippen molar-refractivity contribution in [3.63, 3.8) is 0 Å².